The third-order valence-corrected chi connectivity index (χ3v) is 3.83. The van der Waals surface area contributed by atoms with Gasteiger partial charge in [0.1, 0.15) is 0 Å². The Morgan fingerprint density at radius 2 is 1.30 bits per heavy atom. The fraction of sp³-hybridized carbons (Fsp3) is 0.176. The maximum Gasteiger partial charge on any atom is 0.163 e. The first kappa shape index (κ1) is 14.5. The molecule has 20 heavy (non-hydrogen) atoms. The highest BCUT2D eigenvalue weighted by molar-refractivity contribution is 7.98. The highest BCUT2D eigenvalue weighted by Gasteiger charge is 2.10. The fourth-order valence-corrected chi connectivity index (χ4v) is 2.32. The van der Waals surface area contributed by atoms with Crippen LogP contribution in [-0.4, -0.2) is 17.8 Å². The van der Waals surface area contributed by atoms with E-state index in [-0.39, 0.29) is 24.4 Å². The molecule has 0 spiro atoms. The zero-order valence-electron chi connectivity index (χ0n) is 11.3. The van der Waals surface area contributed by atoms with Crippen LogP contribution in [0.2, 0.25) is 0 Å². The van der Waals surface area contributed by atoms with E-state index in [0.29, 0.717) is 11.1 Å². The molecule has 0 radical (unpaired) electrons. The van der Waals surface area contributed by atoms with Crippen molar-refractivity contribution in [1.82, 2.24) is 0 Å². The monoisotopic (exact) mass is 284 g/mol. The smallest absolute Gasteiger partial charge is 0.163 e. The van der Waals surface area contributed by atoms with Crippen molar-refractivity contribution in [2.45, 2.75) is 17.7 Å². The summed E-state index contributed by atoms with van der Waals surface area (Å²) in [6.45, 7) is 0. The van der Waals surface area contributed by atoms with Crippen LogP contribution in [0.15, 0.2) is 59.5 Å². The van der Waals surface area contributed by atoms with Crippen molar-refractivity contribution in [2.24, 2.45) is 0 Å². The van der Waals surface area contributed by atoms with Gasteiger partial charge in [0.25, 0.3) is 0 Å². The molecule has 102 valence electrons. The zero-order chi connectivity index (χ0) is 14.4. The van der Waals surface area contributed by atoms with Crippen molar-refractivity contribution in [2.75, 3.05) is 6.26 Å². The number of carbonyl (C=O) groups is 2. The standard InChI is InChI=1S/C17H16O2S/c1-20-15-9-7-14(8-10-15)17(19)12-11-16(18)13-5-3-2-4-6-13/h2-10H,11-12H2,1H3. The Morgan fingerprint density at radius 1 is 0.800 bits per heavy atom. The second kappa shape index (κ2) is 7.06. The van der Waals surface area contributed by atoms with Gasteiger partial charge in [0, 0.05) is 28.9 Å². The number of ketones is 2. The Kier molecular flexibility index (Phi) is 5.13. The molecule has 0 bridgehead atoms. The van der Waals surface area contributed by atoms with Crippen LogP contribution in [0, 0.1) is 0 Å². The molecule has 0 N–H and O–H groups in total. The zero-order valence-corrected chi connectivity index (χ0v) is 12.2. The molecule has 0 atom stereocenters. The van der Waals surface area contributed by atoms with Crippen molar-refractivity contribution in [1.29, 1.82) is 0 Å². The van der Waals surface area contributed by atoms with Crippen LogP contribution in [-0.2, 0) is 0 Å². The summed E-state index contributed by atoms with van der Waals surface area (Å²) in [5.74, 6) is 0.0293. The van der Waals surface area contributed by atoms with Crippen LogP contribution in [0.1, 0.15) is 33.6 Å². The lowest BCUT2D eigenvalue weighted by Gasteiger charge is -2.03. The number of rotatable bonds is 6. The van der Waals surface area contributed by atoms with Crippen molar-refractivity contribution in [3.8, 4) is 0 Å². The third kappa shape index (κ3) is 3.81. The molecule has 2 nitrogen and oxygen atoms in total. The number of benzene rings is 2. The van der Waals surface area contributed by atoms with Gasteiger partial charge in [-0.05, 0) is 18.4 Å². The lowest BCUT2D eigenvalue weighted by atomic mass is 10.0. The van der Waals surface area contributed by atoms with Crippen LogP contribution in [0.3, 0.4) is 0 Å². The molecule has 0 aliphatic heterocycles. The molecule has 0 aliphatic rings. The second-order valence-corrected chi connectivity index (χ2v) is 5.32. The summed E-state index contributed by atoms with van der Waals surface area (Å²) in [7, 11) is 0. The maximum absolute atomic E-state index is 12.0. The Balaban J connectivity index is 1.93. The number of carbonyl (C=O) groups excluding carboxylic acids is 2. The Morgan fingerprint density at radius 3 is 1.80 bits per heavy atom. The number of thioether (sulfide) groups is 1. The predicted molar refractivity (Wildman–Crippen MR) is 82.6 cm³/mol. The van der Waals surface area contributed by atoms with E-state index in [0.717, 1.165) is 4.90 Å². The van der Waals surface area contributed by atoms with E-state index in [2.05, 4.69) is 0 Å². The van der Waals surface area contributed by atoms with Gasteiger partial charge >= 0.3 is 0 Å². The molecule has 2 aromatic rings. The Bertz CT molecular complexity index is 588. The summed E-state index contributed by atoms with van der Waals surface area (Å²) in [5, 5.41) is 0. The molecule has 0 aromatic heterocycles. The average molecular weight is 284 g/mol. The highest BCUT2D eigenvalue weighted by Crippen LogP contribution is 2.16. The topological polar surface area (TPSA) is 34.1 Å². The van der Waals surface area contributed by atoms with Gasteiger partial charge in [-0.3, -0.25) is 9.59 Å². The first-order valence-corrected chi connectivity index (χ1v) is 7.68. The number of hydrogen-bond donors (Lipinski definition) is 0. The molecule has 0 amide bonds. The van der Waals surface area contributed by atoms with Gasteiger partial charge in [-0.2, -0.15) is 0 Å². The van der Waals surface area contributed by atoms with Crippen LogP contribution in [0.4, 0.5) is 0 Å². The normalized spacial score (nSPS) is 10.2. The lowest BCUT2D eigenvalue weighted by Crippen LogP contribution is -2.05. The van der Waals surface area contributed by atoms with Gasteiger partial charge in [0.05, 0.1) is 0 Å². The minimum atomic E-state index is 0.0136. The van der Waals surface area contributed by atoms with E-state index >= 15 is 0 Å². The van der Waals surface area contributed by atoms with Crippen molar-refractivity contribution in [3.63, 3.8) is 0 Å². The molecule has 2 aromatic carbocycles. The third-order valence-electron chi connectivity index (χ3n) is 3.09. The van der Waals surface area contributed by atoms with Gasteiger partial charge in [-0.15, -0.1) is 11.8 Å². The predicted octanol–water partition coefficient (Wildman–Crippen LogP) is 4.25. The summed E-state index contributed by atoms with van der Waals surface area (Å²) in [4.78, 5) is 25.1. The largest absolute Gasteiger partial charge is 0.294 e. The van der Waals surface area contributed by atoms with E-state index < -0.39 is 0 Å². The van der Waals surface area contributed by atoms with Crippen LogP contribution in [0.25, 0.3) is 0 Å². The summed E-state index contributed by atoms with van der Waals surface area (Å²) in [6.07, 6.45) is 2.51. The van der Waals surface area contributed by atoms with E-state index in [9.17, 15) is 9.59 Å². The van der Waals surface area contributed by atoms with Gasteiger partial charge < -0.3 is 0 Å². The molecule has 3 heteroatoms. The lowest BCUT2D eigenvalue weighted by molar-refractivity contribution is 0.0917. The van der Waals surface area contributed by atoms with Crippen LogP contribution in [0.5, 0.6) is 0 Å². The van der Waals surface area contributed by atoms with Gasteiger partial charge in [0.2, 0.25) is 0 Å². The summed E-state index contributed by atoms with van der Waals surface area (Å²) >= 11 is 1.64. The van der Waals surface area contributed by atoms with Crippen molar-refractivity contribution >= 4 is 23.3 Å². The maximum atomic E-state index is 12.0. The minimum Gasteiger partial charge on any atom is -0.294 e. The molecule has 0 saturated carbocycles. The molecule has 0 unspecified atom stereocenters. The molecule has 0 aliphatic carbocycles. The summed E-state index contributed by atoms with van der Waals surface area (Å²) in [5.41, 5.74) is 1.33. The van der Waals surface area contributed by atoms with Gasteiger partial charge in [-0.1, -0.05) is 42.5 Å². The molecule has 0 fully saturated rings. The van der Waals surface area contributed by atoms with Gasteiger partial charge in [-0.25, -0.2) is 0 Å². The van der Waals surface area contributed by atoms with Crippen molar-refractivity contribution in [3.05, 3.63) is 65.7 Å². The number of hydrogen-bond acceptors (Lipinski definition) is 3. The second-order valence-electron chi connectivity index (χ2n) is 4.44. The molecular formula is C17H16O2S. The molecular weight excluding hydrogens is 268 g/mol. The summed E-state index contributed by atoms with van der Waals surface area (Å²) < 4.78 is 0. The van der Waals surface area contributed by atoms with E-state index in [1.54, 1.807) is 23.9 Å². The fourth-order valence-electron chi connectivity index (χ4n) is 1.92. The average Bonchev–Trinajstić information content (AvgIpc) is 2.53. The Hall–Kier alpha value is -1.87. The Labute approximate surface area is 123 Å². The van der Waals surface area contributed by atoms with Crippen LogP contribution < -0.4 is 0 Å². The van der Waals surface area contributed by atoms with Crippen molar-refractivity contribution < 1.29 is 9.59 Å². The number of Topliss-reactive ketones (excluding diaryl/α,β-unsaturated/α-hetero) is 2. The SMILES string of the molecule is CSc1ccc(C(=O)CCC(=O)c2ccccc2)cc1. The quantitative estimate of drug-likeness (QED) is 0.587. The first-order chi connectivity index (χ1) is 9.70. The first-order valence-electron chi connectivity index (χ1n) is 6.46. The van der Waals surface area contributed by atoms with E-state index in [4.69, 9.17) is 0 Å². The summed E-state index contributed by atoms with van der Waals surface area (Å²) in [6, 6.07) is 16.6. The van der Waals surface area contributed by atoms with E-state index in [1.807, 2.05) is 48.7 Å². The van der Waals surface area contributed by atoms with Crippen LogP contribution >= 0.6 is 11.8 Å². The molecule has 0 saturated heterocycles. The van der Waals surface area contributed by atoms with Gasteiger partial charge in [0.15, 0.2) is 11.6 Å². The minimum absolute atomic E-state index is 0.0136. The molecule has 2 rings (SSSR count). The molecule has 0 heterocycles. The highest BCUT2D eigenvalue weighted by atomic mass is 32.2. The van der Waals surface area contributed by atoms with E-state index in [1.165, 1.54) is 0 Å².